The first-order valence-corrected chi connectivity index (χ1v) is 11.2. The first-order valence-electron chi connectivity index (χ1n) is 11.2. The van der Waals surface area contributed by atoms with Crippen molar-refractivity contribution >= 4 is 5.97 Å². The van der Waals surface area contributed by atoms with Crippen molar-refractivity contribution in [2.24, 2.45) is 11.3 Å². The molecule has 0 aromatic heterocycles. The number of carbonyl (C=O) groups is 1. The molecule has 0 atom stereocenters. The molecule has 2 aliphatic rings. The third-order valence-electron chi connectivity index (χ3n) is 7.01. The third-order valence-corrected chi connectivity index (χ3v) is 7.01. The Hall–Kier alpha value is -2.61. The lowest BCUT2D eigenvalue weighted by Crippen LogP contribution is -2.53. The molecular weight excluding hydrogens is 438 g/mol. The number of carboxylic acid groups (broad SMARTS) is 1. The van der Waals surface area contributed by atoms with Crippen molar-refractivity contribution in [2.75, 3.05) is 26.2 Å². The molecule has 33 heavy (non-hydrogen) atoms. The van der Waals surface area contributed by atoms with Crippen molar-refractivity contribution < 1.29 is 32.2 Å². The van der Waals surface area contributed by atoms with Gasteiger partial charge in [0.05, 0.1) is 17.6 Å². The molecule has 1 saturated carbocycles. The normalized spacial score (nSPS) is 19.2. The molecule has 1 saturated heterocycles. The van der Waals surface area contributed by atoms with Crippen molar-refractivity contribution in [3.8, 4) is 16.9 Å². The minimum Gasteiger partial charge on any atom is -0.493 e. The number of aromatic carboxylic acids is 1. The van der Waals surface area contributed by atoms with Gasteiger partial charge in [-0.1, -0.05) is 18.6 Å². The predicted octanol–water partition coefficient (Wildman–Crippen LogP) is 6.01. The van der Waals surface area contributed by atoms with Gasteiger partial charge in [-0.15, -0.1) is 0 Å². The molecule has 1 heterocycles. The minimum absolute atomic E-state index is 0.0875. The first kappa shape index (κ1) is 23.5. The van der Waals surface area contributed by atoms with Crippen molar-refractivity contribution in [1.29, 1.82) is 0 Å². The summed E-state index contributed by atoms with van der Waals surface area (Å²) in [7, 11) is 0. The molecule has 0 amide bonds. The molecule has 8 heteroatoms. The minimum atomic E-state index is -4.14. The Morgan fingerprint density at radius 2 is 1.76 bits per heavy atom. The molecule has 0 spiro atoms. The summed E-state index contributed by atoms with van der Waals surface area (Å²) in [5, 5.41) is 8.98. The van der Waals surface area contributed by atoms with E-state index in [1.807, 2.05) is 4.90 Å². The fourth-order valence-corrected chi connectivity index (χ4v) is 4.70. The van der Waals surface area contributed by atoms with Crippen LogP contribution in [0.3, 0.4) is 0 Å². The Kier molecular flexibility index (Phi) is 6.66. The Morgan fingerprint density at radius 1 is 1.09 bits per heavy atom. The lowest BCUT2D eigenvalue weighted by molar-refractivity contribution is -0.256. The van der Waals surface area contributed by atoms with Crippen LogP contribution in [0.1, 0.15) is 42.5 Å². The first-order chi connectivity index (χ1) is 15.7. The maximum atomic E-state index is 14.6. The Balaban J connectivity index is 1.28. The van der Waals surface area contributed by atoms with Gasteiger partial charge in [0.1, 0.15) is 11.6 Å². The van der Waals surface area contributed by atoms with Gasteiger partial charge in [0, 0.05) is 18.2 Å². The molecular formula is C25H27F4NO3. The lowest BCUT2D eigenvalue weighted by Gasteiger charge is -2.47. The highest BCUT2D eigenvalue weighted by molar-refractivity contribution is 5.88. The maximum absolute atomic E-state index is 14.6. The number of halogens is 4. The van der Waals surface area contributed by atoms with E-state index in [4.69, 9.17) is 9.84 Å². The molecule has 0 radical (unpaired) electrons. The zero-order valence-electron chi connectivity index (χ0n) is 18.2. The predicted molar refractivity (Wildman–Crippen MR) is 116 cm³/mol. The number of piperidine rings is 1. The van der Waals surface area contributed by atoms with Crippen LogP contribution in [0, 0.1) is 17.2 Å². The van der Waals surface area contributed by atoms with Crippen LogP contribution in [0.2, 0.25) is 0 Å². The summed E-state index contributed by atoms with van der Waals surface area (Å²) in [5.41, 5.74) is -0.475. The number of carboxylic acids is 1. The van der Waals surface area contributed by atoms with Gasteiger partial charge >= 0.3 is 12.1 Å². The number of nitrogens with zero attached hydrogens (tertiary/aromatic N) is 1. The molecule has 0 unspecified atom stereocenters. The fourth-order valence-electron chi connectivity index (χ4n) is 4.70. The van der Waals surface area contributed by atoms with E-state index in [2.05, 4.69) is 0 Å². The molecule has 4 rings (SSSR count). The number of alkyl halides is 3. The van der Waals surface area contributed by atoms with Crippen molar-refractivity contribution in [2.45, 2.75) is 38.3 Å². The van der Waals surface area contributed by atoms with Crippen LogP contribution >= 0.6 is 0 Å². The second-order valence-corrected chi connectivity index (χ2v) is 9.19. The molecule has 1 aliphatic heterocycles. The largest absolute Gasteiger partial charge is 0.493 e. The topological polar surface area (TPSA) is 49.8 Å². The number of likely N-dealkylation sites (tertiary alicyclic amines) is 1. The van der Waals surface area contributed by atoms with Crippen LogP contribution < -0.4 is 4.74 Å². The molecule has 2 aromatic carbocycles. The number of hydrogen-bond donors (Lipinski definition) is 1. The van der Waals surface area contributed by atoms with E-state index in [1.165, 1.54) is 18.2 Å². The van der Waals surface area contributed by atoms with E-state index >= 15 is 0 Å². The molecule has 1 N–H and O–H groups in total. The van der Waals surface area contributed by atoms with Gasteiger partial charge in [-0.2, -0.15) is 13.2 Å². The average molecular weight is 465 g/mol. The molecule has 1 aliphatic carbocycles. The zero-order valence-corrected chi connectivity index (χ0v) is 18.2. The Bertz CT molecular complexity index is 978. The van der Waals surface area contributed by atoms with E-state index in [0.717, 1.165) is 12.8 Å². The quantitative estimate of drug-likeness (QED) is 0.509. The van der Waals surface area contributed by atoms with Crippen LogP contribution in [0.15, 0.2) is 42.5 Å². The number of benzene rings is 2. The standard InChI is InChI=1S/C25H27F4NO3/c26-22-14-20(6-7-21(22)18-2-4-19(5-3-18)23(31)32)33-15-17-8-12-30(13-9-17)16-24(10-1-11-24)25(27,28)29/h2-7,14,17H,1,8-13,15-16H2,(H,31,32). The summed E-state index contributed by atoms with van der Waals surface area (Å²) in [6.07, 6.45) is -1.53. The zero-order chi connectivity index (χ0) is 23.6. The number of rotatable bonds is 7. The monoisotopic (exact) mass is 465 g/mol. The fraction of sp³-hybridized carbons (Fsp3) is 0.480. The highest BCUT2D eigenvalue weighted by Crippen LogP contribution is 2.53. The highest BCUT2D eigenvalue weighted by atomic mass is 19.4. The highest BCUT2D eigenvalue weighted by Gasteiger charge is 2.58. The summed E-state index contributed by atoms with van der Waals surface area (Å²) in [5.74, 6) is -0.898. The summed E-state index contributed by atoms with van der Waals surface area (Å²) >= 11 is 0. The maximum Gasteiger partial charge on any atom is 0.395 e. The van der Waals surface area contributed by atoms with Gasteiger partial charge in [0.25, 0.3) is 0 Å². The van der Waals surface area contributed by atoms with Crippen LogP contribution in [-0.2, 0) is 0 Å². The molecule has 178 valence electrons. The van der Waals surface area contributed by atoms with Crippen molar-refractivity contribution in [1.82, 2.24) is 4.90 Å². The average Bonchev–Trinajstić information content (AvgIpc) is 2.75. The summed E-state index contributed by atoms with van der Waals surface area (Å²) < 4.78 is 60.6. The third kappa shape index (κ3) is 5.16. The summed E-state index contributed by atoms with van der Waals surface area (Å²) in [6.45, 7) is 1.71. The van der Waals surface area contributed by atoms with Crippen LogP contribution in [-0.4, -0.2) is 48.4 Å². The van der Waals surface area contributed by atoms with Gasteiger partial charge in [0.2, 0.25) is 0 Å². The smallest absolute Gasteiger partial charge is 0.395 e. The van der Waals surface area contributed by atoms with E-state index < -0.39 is 23.4 Å². The van der Waals surface area contributed by atoms with Gasteiger partial charge in [-0.25, -0.2) is 9.18 Å². The van der Waals surface area contributed by atoms with Gasteiger partial charge in [-0.3, -0.25) is 0 Å². The van der Waals surface area contributed by atoms with Crippen molar-refractivity contribution in [3.05, 3.63) is 53.8 Å². The van der Waals surface area contributed by atoms with Gasteiger partial charge in [-0.05, 0) is 74.5 Å². The van der Waals surface area contributed by atoms with E-state index in [1.54, 1.807) is 24.3 Å². The SMILES string of the molecule is O=C(O)c1ccc(-c2ccc(OCC3CCN(CC4(C(F)(F)F)CCC4)CC3)cc2F)cc1. The lowest BCUT2D eigenvalue weighted by atomic mass is 9.67. The van der Waals surface area contributed by atoms with Crippen LogP contribution in [0.5, 0.6) is 5.75 Å². The second-order valence-electron chi connectivity index (χ2n) is 9.19. The van der Waals surface area contributed by atoms with Crippen LogP contribution in [0.25, 0.3) is 11.1 Å². The van der Waals surface area contributed by atoms with Gasteiger partial charge in [0.15, 0.2) is 0 Å². The molecule has 2 aromatic rings. The molecule has 4 nitrogen and oxygen atoms in total. The summed E-state index contributed by atoms with van der Waals surface area (Å²) in [6, 6.07) is 10.5. The summed E-state index contributed by atoms with van der Waals surface area (Å²) in [4.78, 5) is 12.9. The van der Waals surface area contributed by atoms with E-state index in [0.29, 0.717) is 43.0 Å². The Labute approximate surface area is 190 Å². The molecule has 2 fully saturated rings. The van der Waals surface area contributed by atoms with Crippen molar-refractivity contribution in [3.63, 3.8) is 0 Å². The van der Waals surface area contributed by atoms with E-state index in [9.17, 15) is 22.4 Å². The number of hydrogen-bond acceptors (Lipinski definition) is 3. The molecule has 0 bridgehead atoms. The Morgan fingerprint density at radius 3 is 2.27 bits per heavy atom. The van der Waals surface area contributed by atoms with Crippen LogP contribution in [0.4, 0.5) is 17.6 Å². The number of ether oxygens (including phenoxy) is 1. The van der Waals surface area contributed by atoms with E-state index in [-0.39, 0.29) is 30.9 Å². The second kappa shape index (κ2) is 9.33. The van der Waals surface area contributed by atoms with Gasteiger partial charge < -0.3 is 14.7 Å².